The van der Waals surface area contributed by atoms with Crippen molar-refractivity contribution in [2.24, 2.45) is 0 Å². The highest BCUT2D eigenvalue weighted by Crippen LogP contribution is 2.28. The van der Waals surface area contributed by atoms with E-state index in [1.54, 1.807) is 23.4 Å². The lowest BCUT2D eigenvalue weighted by Gasteiger charge is -2.26. The molecule has 1 aliphatic rings. The molecule has 0 spiro atoms. The van der Waals surface area contributed by atoms with Gasteiger partial charge in [0.2, 0.25) is 0 Å². The van der Waals surface area contributed by atoms with Crippen LogP contribution in [0, 0.1) is 0 Å². The first-order valence-corrected chi connectivity index (χ1v) is 8.34. The van der Waals surface area contributed by atoms with Gasteiger partial charge in [-0.25, -0.2) is 9.97 Å². The fraction of sp³-hybridized carbons (Fsp3) is 0.250. The molecule has 0 atom stereocenters. The van der Waals surface area contributed by atoms with Crippen LogP contribution in [0.2, 0.25) is 0 Å². The highest BCUT2D eigenvalue weighted by Gasteiger charge is 2.20. The molecule has 0 aliphatic carbocycles. The molecule has 4 rings (SSSR count). The number of nitrogens with zero attached hydrogens (tertiary/aromatic N) is 3. The number of hydrogen-bond acceptors (Lipinski definition) is 6. The number of morpholine rings is 1. The molecule has 4 heterocycles. The van der Waals surface area contributed by atoms with Crippen molar-refractivity contribution in [3.63, 3.8) is 0 Å². The van der Waals surface area contributed by atoms with E-state index in [1.165, 1.54) is 11.3 Å². The molecule has 3 aromatic rings. The predicted octanol–water partition coefficient (Wildman–Crippen LogP) is 1.97. The van der Waals surface area contributed by atoms with Crippen LogP contribution in [0.5, 0.6) is 0 Å². The van der Waals surface area contributed by atoms with E-state index in [2.05, 4.69) is 15.0 Å². The van der Waals surface area contributed by atoms with Gasteiger partial charge in [0.1, 0.15) is 5.52 Å². The first-order chi connectivity index (χ1) is 11.8. The van der Waals surface area contributed by atoms with Crippen LogP contribution in [-0.2, 0) is 4.74 Å². The number of amides is 1. The van der Waals surface area contributed by atoms with Gasteiger partial charge >= 0.3 is 0 Å². The third kappa shape index (κ3) is 2.59. The van der Waals surface area contributed by atoms with Crippen molar-refractivity contribution in [3.8, 4) is 10.6 Å². The van der Waals surface area contributed by atoms with Crippen LogP contribution in [0.4, 0.5) is 0 Å². The van der Waals surface area contributed by atoms with Gasteiger partial charge in [-0.05, 0) is 12.1 Å². The Hall–Kier alpha value is -2.58. The van der Waals surface area contributed by atoms with Gasteiger partial charge < -0.3 is 14.6 Å². The summed E-state index contributed by atoms with van der Waals surface area (Å²) in [6, 6.07) is 3.67. The normalized spacial score (nSPS) is 14.9. The minimum Gasteiger partial charge on any atom is -0.378 e. The topological polar surface area (TPSA) is 88.2 Å². The van der Waals surface area contributed by atoms with Gasteiger partial charge in [0.25, 0.3) is 5.91 Å². The molecule has 0 radical (unpaired) electrons. The van der Waals surface area contributed by atoms with Crippen molar-refractivity contribution in [3.05, 3.63) is 35.0 Å². The lowest BCUT2D eigenvalue weighted by Crippen LogP contribution is -2.40. The molecule has 1 N–H and O–H groups in total. The minimum atomic E-state index is 0.0128. The zero-order chi connectivity index (χ0) is 16.5. The maximum Gasteiger partial charge on any atom is 0.264 e. The quantitative estimate of drug-likeness (QED) is 0.735. The lowest BCUT2D eigenvalue weighted by atomic mass is 10.3. The number of hydrogen-bond donors (Lipinski definition) is 1. The van der Waals surface area contributed by atoms with Crippen LogP contribution >= 0.6 is 11.3 Å². The van der Waals surface area contributed by atoms with Gasteiger partial charge in [0.05, 0.1) is 40.4 Å². The summed E-state index contributed by atoms with van der Waals surface area (Å²) in [6.07, 6.45) is 3.98. The molecular weight excluding hydrogens is 328 g/mol. The number of carbonyl (C=O) groups is 2. The molecule has 1 aliphatic heterocycles. The summed E-state index contributed by atoms with van der Waals surface area (Å²) in [5.74, 6) is 0.0128. The summed E-state index contributed by atoms with van der Waals surface area (Å²) >= 11 is 1.38. The Morgan fingerprint density at radius 2 is 2.17 bits per heavy atom. The van der Waals surface area contributed by atoms with E-state index in [0.717, 1.165) is 11.2 Å². The molecule has 3 aromatic heterocycles. The Labute approximate surface area is 141 Å². The molecule has 0 aromatic carbocycles. The Kier molecular flexibility index (Phi) is 3.83. The monoisotopic (exact) mass is 342 g/mol. The second kappa shape index (κ2) is 6.14. The number of fused-ring (bicyclic) bond motifs is 1. The molecule has 122 valence electrons. The van der Waals surface area contributed by atoms with Crippen molar-refractivity contribution < 1.29 is 14.3 Å². The van der Waals surface area contributed by atoms with Crippen molar-refractivity contribution in [1.29, 1.82) is 0 Å². The Bertz CT molecular complexity index is 911. The fourth-order valence-corrected chi connectivity index (χ4v) is 3.56. The summed E-state index contributed by atoms with van der Waals surface area (Å²) in [6.45, 7) is 2.38. The summed E-state index contributed by atoms with van der Waals surface area (Å²) in [7, 11) is 0. The average molecular weight is 342 g/mol. The number of H-pyrrole nitrogens is 1. The highest BCUT2D eigenvalue weighted by atomic mass is 32.1. The molecule has 1 saturated heterocycles. The molecule has 8 heteroatoms. The van der Waals surface area contributed by atoms with Crippen LogP contribution in [0.1, 0.15) is 20.0 Å². The van der Waals surface area contributed by atoms with Gasteiger partial charge in [0.15, 0.2) is 11.9 Å². The zero-order valence-electron chi connectivity index (χ0n) is 12.7. The molecule has 1 amide bonds. The molecular formula is C16H14N4O3S. The molecule has 0 bridgehead atoms. The van der Waals surface area contributed by atoms with Gasteiger partial charge in [-0.3, -0.25) is 9.59 Å². The van der Waals surface area contributed by atoms with E-state index >= 15 is 0 Å². The fourth-order valence-electron chi connectivity index (χ4n) is 2.63. The van der Waals surface area contributed by atoms with Crippen LogP contribution in [0.15, 0.2) is 24.5 Å². The second-order valence-corrected chi connectivity index (χ2v) is 6.47. The summed E-state index contributed by atoms with van der Waals surface area (Å²) < 4.78 is 5.28. The SMILES string of the molecule is O=Cc1c[nH]c2ncc(-c3ccc(C(=O)N4CCOCC4)s3)nc12. The summed E-state index contributed by atoms with van der Waals surface area (Å²) in [4.78, 5) is 38.6. The zero-order valence-corrected chi connectivity index (χ0v) is 13.5. The first-order valence-electron chi connectivity index (χ1n) is 7.53. The maximum atomic E-state index is 12.5. The molecule has 0 unspecified atom stereocenters. The van der Waals surface area contributed by atoms with E-state index in [4.69, 9.17) is 4.74 Å². The highest BCUT2D eigenvalue weighted by molar-refractivity contribution is 7.17. The Balaban J connectivity index is 1.64. The summed E-state index contributed by atoms with van der Waals surface area (Å²) in [5.41, 5.74) is 2.23. The number of aromatic amines is 1. The number of thiophene rings is 1. The molecule has 24 heavy (non-hydrogen) atoms. The number of rotatable bonds is 3. The van der Waals surface area contributed by atoms with Crippen LogP contribution < -0.4 is 0 Å². The largest absolute Gasteiger partial charge is 0.378 e. The van der Waals surface area contributed by atoms with Gasteiger partial charge in [-0.2, -0.15) is 0 Å². The number of aldehydes is 1. The molecule has 0 saturated carbocycles. The van der Waals surface area contributed by atoms with E-state index in [1.807, 2.05) is 6.07 Å². The van der Waals surface area contributed by atoms with Crippen molar-refractivity contribution in [2.75, 3.05) is 26.3 Å². The van der Waals surface area contributed by atoms with E-state index in [-0.39, 0.29) is 5.91 Å². The average Bonchev–Trinajstić information content (AvgIpc) is 3.28. The maximum absolute atomic E-state index is 12.5. The number of carbonyl (C=O) groups excluding carboxylic acids is 2. The number of aromatic nitrogens is 3. The standard InChI is InChI=1S/C16H14N4O3S/c21-9-10-7-17-15-14(10)19-11(8-18-15)12-1-2-13(24-12)16(22)20-3-5-23-6-4-20/h1-2,7-9H,3-6H2,(H,17,18). The van der Waals surface area contributed by atoms with Crippen molar-refractivity contribution >= 4 is 34.7 Å². The second-order valence-electron chi connectivity index (χ2n) is 5.38. The lowest BCUT2D eigenvalue weighted by molar-refractivity contribution is 0.0306. The molecule has 1 fully saturated rings. The molecule has 7 nitrogen and oxygen atoms in total. The van der Waals surface area contributed by atoms with Crippen LogP contribution in [-0.4, -0.2) is 58.3 Å². The Morgan fingerprint density at radius 1 is 1.33 bits per heavy atom. The van der Waals surface area contributed by atoms with Gasteiger partial charge in [-0.1, -0.05) is 0 Å². The Morgan fingerprint density at radius 3 is 2.96 bits per heavy atom. The van der Waals surface area contributed by atoms with Crippen LogP contribution in [0.3, 0.4) is 0 Å². The van der Waals surface area contributed by atoms with Gasteiger partial charge in [0, 0.05) is 19.3 Å². The summed E-state index contributed by atoms with van der Waals surface area (Å²) in [5, 5.41) is 0. The van der Waals surface area contributed by atoms with Crippen molar-refractivity contribution in [2.45, 2.75) is 0 Å². The van der Waals surface area contributed by atoms with Crippen LogP contribution in [0.25, 0.3) is 21.7 Å². The third-order valence-corrected chi connectivity index (χ3v) is 5.00. The van der Waals surface area contributed by atoms with E-state index in [0.29, 0.717) is 53.6 Å². The first kappa shape index (κ1) is 15.0. The minimum absolute atomic E-state index is 0.0128. The van der Waals surface area contributed by atoms with E-state index in [9.17, 15) is 9.59 Å². The number of ether oxygens (including phenoxy) is 1. The third-order valence-electron chi connectivity index (χ3n) is 3.90. The predicted molar refractivity (Wildman–Crippen MR) is 89.3 cm³/mol. The van der Waals surface area contributed by atoms with E-state index < -0.39 is 0 Å². The van der Waals surface area contributed by atoms with Gasteiger partial charge in [-0.15, -0.1) is 11.3 Å². The van der Waals surface area contributed by atoms with Crippen molar-refractivity contribution in [1.82, 2.24) is 19.9 Å². The number of nitrogens with one attached hydrogen (secondary N) is 1. The smallest absolute Gasteiger partial charge is 0.264 e.